The third-order valence-electron chi connectivity index (χ3n) is 7.49. The van der Waals surface area contributed by atoms with E-state index in [1.54, 1.807) is 26.2 Å². The van der Waals surface area contributed by atoms with Crippen molar-refractivity contribution in [2.75, 3.05) is 19.4 Å². The topological polar surface area (TPSA) is 114 Å². The highest BCUT2D eigenvalue weighted by atomic mass is 32.2. The van der Waals surface area contributed by atoms with Crippen LogP contribution in [0.15, 0.2) is 95.5 Å². The number of hydrogen-bond acceptors (Lipinski definition) is 8. The van der Waals surface area contributed by atoms with E-state index in [1.807, 2.05) is 72.8 Å². The van der Waals surface area contributed by atoms with Crippen LogP contribution in [-0.2, 0) is 25.7 Å². The van der Waals surface area contributed by atoms with Gasteiger partial charge in [-0.2, -0.15) is 0 Å². The number of thioether (sulfide) groups is 1. The van der Waals surface area contributed by atoms with Crippen LogP contribution in [0.4, 0.5) is 4.79 Å². The second-order valence-electron chi connectivity index (χ2n) is 10.3. The first kappa shape index (κ1) is 30.2. The Morgan fingerprint density at radius 3 is 2.21 bits per heavy atom. The summed E-state index contributed by atoms with van der Waals surface area (Å²) in [7, 11) is 1.59. The molecule has 2 heterocycles. The molecule has 2 aliphatic rings. The van der Waals surface area contributed by atoms with Crippen LogP contribution in [0.3, 0.4) is 0 Å². The molecule has 0 aromatic heterocycles. The van der Waals surface area contributed by atoms with E-state index in [0.29, 0.717) is 17.1 Å². The Bertz CT molecular complexity index is 1420. The number of β-lactam (4-membered cyclic amide) rings is 1. The molecule has 224 valence electrons. The Kier molecular flexibility index (Phi) is 9.68. The van der Waals surface area contributed by atoms with Gasteiger partial charge in [0.05, 0.1) is 25.2 Å². The summed E-state index contributed by atoms with van der Waals surface area (Å²) in [6.07, 6.45) is -1.63. The molecular weight excluding hydrogens is 568 g/mol. The summed E-state index contributed by atoms with van der Waals surface area (Å²) in [5, 5.41) is 12.9. The van der Waals surface area contributed by atoms with Crippen molar-refractivity contribution in [1.29, 1.82) is 0 Å². The van der Waals surface area contributed by atoms with Crippen molar-refractivity contribution in [1.82, 2.24) is 10.2 Å². The van der Waals surface area contributed by atoms with Crippen molar-refractivity contribution in [2.24, 2.45) is 5.92 Å². The van der Waals surface area contributed by atoms with Crippen molar-refractivity contribution < 1.29 is 33.7 Å². The van der Waals surface area contributed by atoms with E-state index in [2.05, 4.69) is 5.32 Å². The summed E-state index contributed by atoms with van der Waals surface area (Å²) in [5.74, 6) is -0.313. The van der Waals surface area contributed by atoms with Gasteiger partial charge in [0.15, 0.2) is 6.10 Å². The molecule has 1 saturated heterocycles. The molecular formula is C33H34N2O7S. The van der Waals surface area contributed by atoms with Crippen molar-refractivity contribution in [3.63, 3.8) is 0 Å². The second-order valence-corrected chi connectivity index (χ2v) is 11.5. The van der Waals surface area contributed by atoms with Gasteiger partial charge >= 0.3 is 12.1 Å². The highest BCUT2D eigenvalue weighted by Gasteiger charge is 2.57. The van der Waals surface area contributed by atoms with Gasteiger partial charge in [-0.15, -0.1) is 11.8 Å². The maximum Gasteiger partial charge on any atom is 0.407 e. The fourth-order valence-electron chi connectivity index (χ4n) is 5.35. The Labute approximate surface area is 254 Å². The number of ether oxygens (including phenoxy) is 3. The van der Waals surface area contributed by atoms with E-state index in [-0.39, 0.29) is 30.8 Å². The number of amides is 2. The molecule has 2 N–H and O–H groups in total. The molecule has 0 spiro atoms. The van der Waals surface area contributed by atoms with Gasteiger partial charge in [0, 0.05) is 23.6 Å². The Morgan fingerprint density at radius 2 is 1.63 bits per heavy atom. The molecule has 2 amide bonds. The lowest BCUT2D eigenvalue weighted by Gasteiger charge is -2.44. The summed E-state index contributed by atoms with van der Waals surface area (Å²) in [6, 6.07) is 25.8. The molecule has 5 rings (SSSR count). The molecule has 0 unspecified atom stereocenters. The molecule has 43 heavy (non-hydrogen) atoms. The number of nitrogens with one attached hydrogen (secondary N) is 1. The predicted molar refractivity (Wildman–Crippen MR) is 162 cm³/mol. The molecule has 3 aromatic rings. The number of carbonyl (C=O) groups is 3. The van der Waals surface area contributed by atoms with Crippen molar-refractivity contribution in [2.45, 2.75) is 38.2 Å². The molecule has 2 aliphatic heterocycles. The third kappa shape index (κ3) is 6.87. The summed E-state index contributed by atoms with van der Waals surface area (Å²) in [4.78, 5) is 41.2. The minimum atomic E-state index is -0.834. The number of aliphatic hydroxyl groups excluding tert-OH is 1. The Hall–Kier alpha value is -4.28. The maximum absolute atomic E-state index is 13.8. The fourth-order valence-corrected chi connectivity index (χ4v) is 6.40. The monoisotopic (exact) mass is 602 g/mol. The number of rotatable bonds is 12. The van der Waals surface area contributed by atoms with E-state index >= 15 is 0 Å². The molecule has 10 heteroatoms. The lowest BCUT2D eigenvalue weighted by Crippen LogP contribution is -2.61. The number of hydrogen-bond donors (Lipinski definition) is 2. The van der Waals surface area contributed by atoms with E-state index in [9.17, 15) is 19.5 Å². The zero-order valence-electron chi connectivity index (χ0n) is 24.0. The molecule has 0 radical (unpaired) electrons. The van der Waals surface area contributed by atoms with Gasteiger partial charge in [-0.3, -0.25) is 4.79 Å². The molecule has 1 fully saturated rings. The van der Waals surface area contributed by atoms with Crippen LogP contribution < -0.4 is 10.1 Å². The van der Waals surface area contributed by atoms with Crippen LogP contribution in [0.5, 0.6) is 5.75 Å². The molecule has 0 aliphatic carbocycles. The second kappa shape index (κ2) is 13.8. The van der Waals surface area contributed by atoms with E-state index in [1.165, 1.54) is 16.7 Å². The van der Waals surface area contributed by atoms with E-state index in [0.717, 1.165) is 22.4 Å². The van der Waals surface area contributed by atoms with Gasteiger partial charge < -0.3 is 29.5 Å². The quantitative estimate of drug-likeness (QED) is 0.173. The first-order valence-corrected chi connectivity index (χ1v) is 15.1. The zero-order chi connectivity index (χ0) is 30.3. The first-order valence-electron chi connectivity index (χ1n) is 14.1. The normalized spacial score (nSPS) is 18.1. The SMILES string of the molecule is COc1ccc(COC(=O)NCCSC2=C(C(=O)OC(c3ccccc3)c3ccccc3)N3C(=O)[C@H]([C@@H](C)O)[C@H]3C2)cc1. The maximum atomic E-state index is 13.8. The smallest absolute Gasteiger partial charge is 0.407 e. The third-order valence-corrected chi connectivity index (χ3v) is 8.60. The molecule has 0 bridgehead atoms. The Morgan fingerprint density at radius 1 is 1.00 bits per heavy atom. The van der Waals surface area contributed by atoms with Gasteiger partial charge in [-0.05, 0) is 35.7 Å². The highest BCUT2D eigenvalue weighted by molar-refractivity contribution is 8.03. The summed E-state index contributed by atoms with van der Waals surface area (Å²) >= 11 is 1.38. The van der Waals surface area contributed by atoms with Crippen LogP contribution in [0.1, 0.15) is 36.1 Å². The largest absolute Gasteiger partial charge is 0.497 e. The van der Waals surface area contributed by atoms with Crippen LogP contribution >= 0.6 is 11.8 Å². The van der Waals surface area contributed by atoms with Crippen LogP contribution in [-0.4, -0.2) is 59.5 Å². The Balaban J connectivity index is 1.25. The number of benzene rings is 3. The van der Waals surface area contributed by atoms with E-state index in [4.69, 9.17) is 14.2 Å². The fraction of sp³-hybridized carbons (Fsp3) is 0.303. The van der Waals surface area contributed by atoms with Crippen molar-refractivity contribution in [3.8, 4) is 5.75 Å². The molecule has 3 aromatic carbocycles. The average Bonchev–Trinajstić information content (AvgIpc) is 3.35. The predicted octanol–water partition coefficient (Wildman–Crippen LogP) is 4.81. The minimum absolute atomic E-state index is 0.119. The van der Waals surface area contributed by atoms with Gasteiger partial charge in [0.2, 0.25) is 5.91 Å². The number of carbonyl (C=O) groups excluding carboxylic acids is 3. The van der Waals surface area contributed by atoms with Crippen LogP contribution in [0, 0.1) is 5.92 Å². The summed E-state index contributed by atoms with van der Waals surface area (Å²) in [6.45, 7) is 1.99. The number of methoxy groups -OCH3 is 1. The number of alkyl carbamates (subject to hydrolysis) is 1. The molecule has 9 nitrogen and oxygen atoms in total. The van der Waals surface area contributed by atoms with Gasteiger partial charge in [-0.1, -0.05) is 72.8 Å². The lowest BCUT2D eigenvalue weighted by atomic mass is 9.83. The highest BCUT2D eigenvalue weighted by Crippen LogP contribution is 2.47. The van der Waals surface area contributed by atoms with Crippen molar-refractivity contribution >= 4 is 29.7 Å². The van der Waals surface area contributed by atoms with Crippen LogP contribution in [0.2, 0.25) is 0 Å². The van der Waals surface area contributed by atoms with Gasteiger partial charge in [0.1, 0.15) is 18.1 Å². The zero-order valence-corrected chi connectivity index (χ0v) is 24.8. The van der Waals surface area contributed by atoms with Crippen molar-refractivity contribution in [3.05, 3.63) is 112 Å². The van der Waals surface area contributed by atoms with Gasteiger partial charge in [-0.25, -0.2) is 9.59 Å². The van der Waals surface area contributed by atoms with Gasteiger partial charge in [0.25, 0.3) is 0 Å². The minimum Gasteiger partial charge on any atom is -0.497 e. The molecule has 0 saturated carbocycles. The summed E-state index contributed by atoms with van der Waals surface area (Å²) < 4.78 is 16.5. The lowest BCUT2D eigenvalue weighted by molar-refractivity contribution is -0.163. The number of esters is 1. The van der Waals surface area contributed by atoms with E-state index < -0.39 is 30.2 Å². The summed E-state index contributed by atoms with van der Waals surface area (Å²) in [5.41, 5.74) is 2.65. The standard InChI is InChI=1S/C33H34N2O7S/c1-21(36)28-26-19-27(43-18-17-34-33(39)41-20-22-13-15-25(40-2)16-14-22)29(35(26)31(28)37)32(38)42-30(23-9-5-3-6-10-23)24-11-7-4-8-12-24/h3-16,21,26,28,30,36H,17-20H2,1-2H3,(H,34,39)/t21-,26-,28-/m1/s1. The van der Waals surface area contributed by atoms with Crippen LogP contribution in [0.25, 0.3) is 0 Å². The average molecular weight is 603 g/mol. The number of aliphatic hydroxyl groups is 1. The molecule has 3 atom stereocenters. The number of fused-ring (bicyclic) bond motifs is 1. The number of nitrogens with zero attached hydrogens (tertiary/aromatic N) is 1. The first-order chi connectivity index (χ1) is 20.9.